The molecule has 14 heavy (non-hydrogen) atoms. The van der Waals surface area contributed by atoms with Gasteiger partial charge in [0.15, 0.2) is 5.82 Å². The van der Waals surface area contributed by atoms with Gasteiger partial charge in [-0.05, 0) is 12.1 Å². The van der Waals surface area contributed by atoms with Crippen molar-refractivity contribution in [2.24, 2.45) is 15.9 Å². The SMILES string of the molecule is CC.CC1C=Nc2cccnc2N=C1. The highest BCUT2D eigenvalue weighted by Crippen LogP contribution is 2.25. The molecule has 0 bridgehead atoms. The molecule has 0 spiro atoms. The summed E-state index contributed by atoms with van der Waals surface area (Å²) in [4.78, 5) is 12.6. The van der Waals surface area contributed by atoms with Gasteiger partial charge in [-0.3, -0.25) is 4.99 Å². The van der Waals surface area contributed by atoms with Crippen molar-refractivity contribution in [1.29, 1.82) is 0 Å². The van der Waals surface area contributed by atoms with E-state index in [-0.39, 0.29) is 0 Å². The Morgan fingerprint density at radius 1 is 1.14 bits per heavy atom. The lowest BCUT2D eigenvalue weighted by Crippen LogP contribution is -1.94. The summed E-state index contributed by atoms with van der Waals surface area (Å²) in [5, 5.41) is 0. The maximum atomic E-state index is 4.26. The molecule has 1 aromatic heterocycles. The van der Waals surface area contributed by atoms with Gasteiger partial charge in [0.05, 0.1) is 0 Å². The predicted octanol–water partition coefficient (Wildman–Crippen LogP) is 3.16. The second-order valence-corrected chi connectivity index (χ2v) is 2.76. The van der Waals surface area contributed by atoms with E-state index in [1.807, 2.05) is 45.3 Å². The van der Waals surface area contributed by atoms with Crippen LogP contribution in [0.4, 0.5) is 11.5 Å². The lowest BCUT2D eigenvalue weighted by atomic mass is 10.2. The van der Waals surface area contributed by atoms with Crippen molar-refractivity contribution >= 4 is 23.9 Å². The van der Waals surface area contributed by atoms with Gasteiger partial charge in [0.1, 0.15) is 5.69 Å². The summed E-state index contributed by atoms with van der Waals surface area (Å²) < 4.78 is 0. The summed E-state index contributed by atoms with van der Waals surface area (Å²) in [5.74, 6) is 0.998. The zero-order chi connectivity index (χ0) is 10.4. The van der Waals surface area contributed by atoms with Crippen LogP contribution in [0.25, 0.3) is 0 Å². The number of nitrogens with zero attached hydrogens (tertiary/aromatic N) is 3. The van der Waals surface area contributed by atoms with Crippen LogP contribution in [0.15, 0.2) is 28.3 Å². The van der Waals surface area contributed by atoms with Gasteiger partial charge < -0.3 is 0 Å². The minimum Gasteiger partial charge on any atom is -0.257 e. The van der Waals surface area contributed by atoms with Crippen LogP contribution in [-0.4, -0.2) is 17.4 Å². The molecule has 1 aliphatic rings. The molecule has 0 saturated heterocycles. The van der Waals surface area contributed by atoms with Gasteiger partial charge in [0.25, 0.3) is 0 Å². The predicted molar refractivity (Wildman–Crippen MR) is 61.1 cm³/mol. The number of fused-ring (bicyclic) bond motifs is 1. The van der Waals surface area contributed by atoms with Crippen molar-refractivity contribution < 1.29 is 0 Å². The van der Waals surface area contributed by atoms with Crippen LogP contribution in [0.5, 0.6) is 0 Å². The Morgan fingerprint density at radius 3 is 2.64 bits per heavy atom. The van der Waals surface area contributed by atoms with E-state index in [1.54, 1.807) is 6.20 Å². The molecule has 0 N–H and O–H groups in total. The van der Waals surface area contributed by atoms with Crippen molar-refractivity contribution in [2.75, 3.05) is 0 Å². The molecule has 74 valence electrons. The first-order valence-corrected chi connectivity index (χ1v) is 4.89. The van der Waals surface area contributed by atoms with E-state index in [9.17, 15) is 0 Å². The molecule has 1 aliphatic heterocycles. The summed E-state index contributed by atoms with van der Waals surface area (Å²) in [6, 6.07) is 3.77. The zero-order valence-electron chi connectivity index (χ0n) is 8.81. The molecule has 2 heterocycles. The highest BCUT2D eigenvalue weighted by Gasteiger charge is 2.03. The highest BCUT2D eigenvalue weighted by molar-refractivity contribution is 5.88. The third-order valence-corrected chi connectivity index (χ3v) is 1.65. The van der Waals surface area contributed by atoms with Gasteiger partial charge in [-0.25, -0.2) is 9.98 Å². The molecule has 0 amide bonds. The summed E-state index contributed by atoms with van der Waals surface area (Å²) in [6.07, 6.45) is 5.45. The zero-order valence-corrected chi connectivity index (χ0v) is 8.81. The van der Waals surface area contributed by atoms with Gasteiger partial charge in [0.2, 0.25) is 0 Å². The molecule has 0 aliphatic carbocycles. The first-order valence-electron chi connectivity index (χ1n) is 4.89. The Balaban J connectivity index is 0.000000461. The van der Waals surface area contributed by atoms with Gasteiger partial charge in [-0.1, -0.05) is 20.8 Å². The van der Waals surface area contributed by atoms with Gasteiger partial charge in [-0.15, -0.1) is 0 Å². The second-order valence-electron chi connectivity index (χ2n) is 2.76. The average molecular weight is 189 g/mol. The quantitative estimate of drug-likeness (QED) is 0.617. The molecule has 0 radical (unpaired) electrons. The fraction of sp³-hybridized carbons (Fsp3) is 0.364. The standard InChI is InChI=1S/C9H9N3.C2H6/c1-7-5-11-8-3-2-4-10-9(8)12-6-7;1-2/h2-7H,1H3;1-2H3. The van der Waals surface area contributed by atoms with E-state index in [2.05, 4.69) is 15.0 Å². The monoisotopic (exact) mass is 189 g/mol. The van der Waals surface area contributed by atoms with E-state index in [1.165, 1.54) is 0 Å². The van der Waals surface area contributed by atoms with Crippen molar-refractivity contribution in [3.63, 3.8) is 0 Å². The summed E-state index contributed by atoms with van der Waals surface area (Å²) in [7, 11) is 0. The van der Waals surface area contributed by atoms with E-state index < -0.39 is 0 Å². The molecule has 0 saturated carbocycles. The number of aromatic nitrogens is 1. The molecule has 3 nitrogen and oxygen atoms in total. The number of pyridine rings is 1. The first kappa shape index (κ1) is 10.6. The fourth-order valence-corrected chi connectivity index (χ4v) is 1.01. The second kappa shape index (κ2) is 5.27. The van der Waals surface area contributed by atoms with E-state index >= 15 is 0 Å². The number of aliphatic imine (C=N–C) groups is 2. The van der Waals surface area contributed by atoms with Crippen molar-refractivity contribution in [1.82, 2.24) is 4.98 Å². The molecular formula is C11H15N3. The van der Waals surface area contributed by atoms with Gasteiger partial charge in [-0.2, -0.15) is 0 Å². The van der Waals surface area contributed by atoms with Crippen molar-refractivity contribution in [3.8, 4) is 0 Å². The Hall–Kier alpha value is -1.51. The molecule has 1 atom stereocenters. The molecule has 0 fully saturated rings. The van der Waals surface area contributed by atoms with Gasteiger partial charge >= 0.3 is 0 Å². The maximum absolute atomic E-state index is 4.26. The number of hydrogen-bond donors (Lipinski definition) is 0. The Morgan fingerprint density at radius 2 is 1.86 bits per heavy atom. The van der Waals surface area contributed by atoms with Crippen LogP contribution in [0.2, 0.25) is 0 Å². The smallest absolute Gasteiger partial charge is 0.177 e. The van der Waals surface area contributed by atoms with E-state index in [0.717, 1.165) is 5.69 Å². The van der Waals surface area contributed by atoms with Crippen LogP contribution in [0.3, 0.4) is 0 Å². The lowest BCUT2D eigenvalue weighted by Gasteiger charge is -1.93. The number of rotatable bonds is 0. The highest BCUT2D eigenvalue weighted by atomic mass is 14.9. The first-order chi connectivity index (χ1) is 6.86. The lowest BCUT2D eigenvalue weighted by molar-refractivity contribution is 1.12. The topological polar surface area (TPSA) is 37.6 Å². The summed E-state index contributed by atoms with van der Waals surface area (Å²) >= 11 is 0. The largest absolute Gasteiger partial charge is 0.257 e. The van der Waals surface area contributed by atoms with Gasteiger partial charge in [0, 0.05) is 24.5 Å². The Kier molecular flexibility index (Phi) is 3.98. The third kappa shape index (κ3) is 2.49. The van der Waals surface area contributed by atoms with Crippen LogP contribution >= 0.6 is 0 Å². The number of hydrogen-bond acceptors (Lipinski definition) is 3. The van der Waals surface area contributed by atoms with E-state index in [0.29, 0.717) is 11.7 Å². The third-order valence-electron chi connectivity index (χ3n) is 1.65. The molecule has 1 aromatic rings. The Bertz CT molecular complexity index is 309. The fourth-order valence-electron chi connectivity index (χ4n) is 1.01. The molecule has 2 rings (SSSR count). The summed E-state index contributed by atoms with van der Waals surface area (Å²) in [5.41, 5.74) is 0.845. The minimum absolute atomic E-state index is 0.291. The molecular weight excluding hydrogens is 174 g/mol. The van der Waals surface area contributed by atoms with Crippen LogP contribution in [-0.2, 0) is 0 Å². The van der Waals surface area contributed by atoms with Crippen LogP contribution in [0, 0.1) is 5.92 Å². The maximum Gasteiger partial charge on any atom is 0.177 e. The molecule has 1 unspecified atom stereocenters. The van der Waals surface area contributed by atoms with E-state index in [4.69, 9.17) is 0 Å². The van der Waals surface area contributed by atoms with Crippen LogP contribution < -0.4 is 0 Å². The normalized spacial score (nSPS) is 17.8. The minimum atomic E-state index is 0.291. The van der Waals surface area contributed by atoms with Crippen molar-refractivity contribution in [3.05, 3.63) is 18.3 Å². The molecule has 0 aromatic carbocycles. The average Bonchev–Trinajstić information content (AvgIpc) is 2.45. The summed E-state index contributed by atoms with van der Waals surface area (Å²) in [6.45, 7) is 6.04. The van der Waals surface area contributed by atoms with Crippen LogP contribution in [0.1, 0.15) is 20.8 Å². The molecule has 3 heteroatoms. The van der Waals surface area contributed by atoms with Crippen molar-refractivity contribution in [2.45, 2.75) is 20.8 Å². The Labute approximate surface area is 84.6 Å².